The van der Waals surface area contributed by atoms with E-state index in [0.29, 0.717) is 24.7 Å². The van der Waals surface area contributed by atoms with Crippen molar-refractivity contribution >= 4 is 11.6 Å². The summed E-state index contributed by atoms with van der Waals surface area (Å²) in [4.78, 5) is 2.03. The fraction of sp³-hybridized carbons (Fsp3) is 0.400. The van der Waals surface area contributed by atoms with Gasteiger partial charge in [-0.1, -0.05) is 17.7 Å². The Morgan fingerprint density at radius 3 is 3.00 bits per heavy atom. The molecule has 0 saturated heterocycles. The van der Waals surface area contributed by atoms with Crippen molar-refractivity contribution in [3.05, 3.63) is 47.7 Å². The number of benzene rings is 1. The summed E-state index contributed by atoms with van der Waals surface area (Å²) in [5.41, 5.74) is 0. The van der Waals surface area contributed by atoms with Gasteiger partial charge in [0.1, 0.15) is 12.4 Å². The number of hydrogen-bond acceptors (Lipinski definition) is 4. The Morgan fingerprint density at radius 1 is 1.43 bits per heavy atom. The molecule has 1 atom stereocenters. The summed E-state index contributed by atoms with van der Waals surface area (Å²) in [6.45, 7) is 2.33. The van der Waals surface area contributed by atoms with Gasteiger partial charge in [-0.25, -0.2) is 0 Å². The normalized spacial score (nSPS) is 12.6. The minimum absolute atomic E-state index is 0.457. The molecule has 0 bridgehead atoms. The van der Waals surface area contributed by atoms with Crippen molar-refractivity contribution in [2.24, 2.45) is 0 Å². The smallest absolute Gasteiger partial charge is 0.120 e. The number of nitrogens with zero attached hydrogens (tertiary/aromatic N) is 3. The molecule has 21 heavy (non-hydrogen) atoms. The molecule has 1 aromatic heterocycles. The summed E-state index contributed by atoms with van der Waals surface area (Å²) in [5, 5.41) is 14.7. The molecule has 1 N–H and O–H groups in total. The Bertz CT molecular complexity index is 533. The predicted octanol–water partition coefficient (Wildman–Crippen LogP) is 1.91. The highest BCUT2D eigenvalue weighted by molar-refractivity contribution is 6.30. The molecule has 114 valence electrons. The number of likely N-dealkylation sites (N-methyl/N-ethyl adjacent to an activating group) is 1. The summed E-state index contributed by atoms with van der Waals surface area (Å²) in [7, 11) is 1.95. The lowest BCUT2D eigenvalue weighted by Gasteiger charge is -2.20. The van der Waals surface area contributed by atoms with E-state index in [1.54, 1.807) is 16.9 Å². The van der Waals surface area contributed by atoms with E-state index in [-0.39, 0.29) is 0 Å². The monoisotopic (exact) mass is 309 g/mol. The lowest BCUT2D eigenvalue weighted by molar-refractivity contribution is 0.0995. The zero-order chi connectivity index (χ0) is 15.1. The van der Waals surface area contributed by atoms with E-state index in [9.17, 15) is 5.11 Å². The van der Waals surface area contributed by atoms with Crippen LogP contribution in [0.25, 0.3) is 0 Å². The molecule has 0 saturated carbocycles. The second-order valence-electron chi connectivity index (χ2n) is 4.95. The Hall–Kier alpha value is -1.56. The van der Waals surface area contributed by atoms with Gasteiger partial charge >= 0.3 is 0 Å². The number of ether oxygens (including phenoxy) is 1. The second kappa shape index (κ2) is 8.02. The Labute approximate surface area is 129 Å². The lowest BCUT2D eigenvalue weighted by Crippen LogP contribution is -2.34. The largest absolute Gasteiger partial charge is 0.492 e. The molecule has 1 heterocycles. The van der Waals surface area contributed by atoms with Crippen molar-refractivity contribution in [3.63, 3.8) is 0 Å². The van der Waals surface area contributed by atoms with Gasteiger partial charge in [0.25, 0.3) is 0 Å². The predicted molar refractivity (Wildman–Crippen MR) is 82.7 cm³/mol. The molecule has 0 spiro atoms. The maximum atomic E-state index is 9.98. The topological polar surface area (TPSA) is 50.5 Å². The van der Waals surface area contributed by atoms with Crippen LogP contribution >= 0.6 is 11.6 Å². The van der Waals surface area contributed by atoms with Gasteiger partial charge in [0.15, 0.2) is 0 Å². The summed E-state index contributed by atoms with van der Waals surface area (Å²) in [6.07, 6.45) is 3.09. The number of aromatic nitrogens is 2. The van der Waals surface area contributed by atoms with Crippen LogP contribution in [0.3, 0.4) is 0 Å². The van der Waals surface area contributed by atoms with E-state index >= 15 is 0 Å². The molecule has 1 aromatic carbocycles. The molecule has 0 fully saturated rings. The lowest BCUT2D eigenvalue weighted by atomic mass is 10.3. The molecular weight excluding hydrogens is 290 g/mol. The van der Waals surface area contributed by atoms with Crippen molar-refractivity contribution in [2.75, 3.05) is 26.7 Å². The van der Waals surface area contributed by atoms with Gasteiger partial charge in [0.2, 0.25) is 0 Å². The van der Waals surface area contributed by atoms with E-state index in [1.807, 2.05) is 42.4 Å². The van der Waals surface area contributed by atoms with Crippen LogP contribution in [0, 0.1) is 0 Å². The molecule has 2 aromatic rings. The number of aliphatic hydroxyl groups excluding tert-OH is 1. The Kier molecular flexibility index (Phi) is 6.04. The summed E-state index contributed by atoms with van der Waals surface area (Å²) < 4.78 is 7.34. The molecule has 0 radical (unpaired) electrons. The number of hydrogen-bond donors (Lipinski definition) is 1. The molecule has 0 aliphatic rings. The van der Waals surface area contributed by atoms with E-state index in [4.69, 9.17) is 16.3 Å². The first kappa shape index (κ1) is 15.8. The zero-order valence-electron chi connectivity index (χ0n) is 12.0. The van der Waals surface area contributed by atoms with E-state index < -0.39 is 6.10 Å². The number of halogens is 1. The molecule has 0 unspecified atom stereocenters. The van der Waals surface area contributed by atoms with Gasteiger partial charge in [-0.3, -0.25) is 4.68 Å². The van der Waals surface area contributed by atoms with Crippen LogP contribution in [-0.4, -0.2) is 52.6 Å². The maximum absolute atomic E-state index is 9.98. The van der Waals surface area contributed by atoms with E-state index in [1.165, 1.54) is 0 Å². The maximum Gasteiger partial charge on any atom is 0.120 e. The average Bonchev–Trinajstić information content (AvgIpc) is 2.91. The molecular formula is C15H20ClN3O2. The van der Waals surface area contributed by atoms with Gasteiger partial charge in [-0.2, -0.15) is 5.10 Å². The molecule has 6 heteroatoms. The van der Waals surface area contributed by atoms with Crippen LogP contribution in [0.5, 0.6) is 5.75 Å². The average molecular weight is 310 g/mol. The second-order valence-corrected chi connectivity index (χ2v) is 5.39. The minimum atomic E-state index is -0.457. The number of rotatable bonds is 8. The molecule has 2 rings (SSSR count). The van der Waals surface area contributed by atoms with Crippen LogP contribution in [0.1, 0.15) is 0 Å². The summed E-state index contributed by atoms with van der Waals surface area (Å²) >= 11 is 5.89. The minimum Gasteiger partial charge on any atom is -0.492 e. The van der Waals surface area contributed by atoms with Gasteiger partial charge < -0.3 is 14.7 Å². The van der Waals surface area contributed by atoms with Crippen LogP contribution in [-0.2, 0) is 6.54 Å². The van der Waals surface area contributed by atoms with Crippen LogP contribution in [0.15, 0.2) is 42.7 Å². The van der Waals surface area contributed by atoms with Gasteiger partial charge in [0.05, 0.1) is 12.6 Å². The molecule has 5 nitrogen and oxygen atoms in total. The summed E-state index contributed by atoms with van der Waals surface area (Å²) in [5.74, 6) is 0.757. The van der Waals surface area contributed by atoms with Crippen LogP contribution in [0.4, 0.5) is 0 Å². The first-order chi connectivity index (χ1) is 10.1. The molecule has 0 aliphatic carbocycles. The molecule has 0 aliphatic heterocycles. The van der Waals surface area contributed by atoms with Gasteiger partial charge in [0, 0.05) is 30.5 Å². The number of aliphatic hydroxyl groups is 1. The highest BCUT2D eigenvalue weighted by atomic mass is 35.5. The fourth-order valence-electron chi connectivity index (χ4n) is 2.01. The van der Waals surface area contributed by atoms with E-state index in [2.05, 4.69) is 5.10 Å². The van der Waals surface area contributed by atoms with Crippen LogP contribution < -0.4 is 4.74 Å². The van der Waals surface area contributed by atoms with Crippen molar-refractivity contribution in [2.45, 2.75) is 12.6 Å². The highest BCUT2D eigenvalue weighted by Crippen LogP contribution is 2.16. The van der Waals surface area contributed by atoms with Crippen molar-refractivity contribution in [1.82, 2.24) is 14.7 Å². The van der Waals surface area contributed by atoms with Gasteiger partial charge in [-0.05, 0) is 31.3 Å². The highest BCUT2D eigenvalue weighted by Gasteiger charge is 2.09. The van der Waals surface area contributed by atoms with Gasteiger partial charge in [-0.15, -0.1) is 0 Å². The SMILES string of the molecule is CN(CCOc1cccc(Cl)c1)C[C@H](O)Cn1cccn1. The third-order valence-corrected chi connectivity index (χ3v) is 3.25. The third-order valence-electron chi connectivity index (χ3n) is 3.02. The van der Waals surface area contributed by atoms with Crippen molar-refractivity contribution < 1.29 is 9.84 Å². The first-order valence-electron chi connectivity index (χ1n) is 6.86. The van der Waals surface area contributed by atoms with Crippen LogP contribution in [0.2, 0.25) is 5.02 Å². The first-order valence-corrected chi connectivity index (χ1v) is 7.23. The third kappa shape index (κ3) is 5.75. The van der Waals surface area contributed by atoms with Crippen molar-refractivity contribution in [3.8, 4) is 5.75 Å². The quantitative estimate of drug-likeness (QED) is 0.809. The fourth-order valence-corrected chi connectivity index (χ4v) is 2.19. The van der Waals surface area contributed by atoms with Crippen molar-refractivity contribution in [1.29, 1.82) is 0 Å². The summed E-state index contributed by atoms with van der Waals surface area (Å²) in [6, 6.07) is 9.17. The van der Waals surface area contributed by atoms with E-state index in [0.717, 1.165) is 12.3 Å². The Balaban J connectivity index is 1.66. The Morgan fingerprint density at radius 2 is 2.29 bits per heavy atom. The zero-order valence-corrected chi connectivity index (χ0v) is 12.8. The molecule has 0 amide bonds. The standard InChI is InChI=1S/C15H20ClN3O2/c1-18(11-14(20)12-19-7-3-6-17-19)8-9-21-15-5-2-4-13(16)10-15/h2-7,10,14,20H,8-9,11-12H2,1H3/t14-/m0/s1.